The minimum atomic E-state index is 0.0283. The largest absolute Gasteiger partial charge is 0.399 e. The molecule has 0 spiro atoms. The van der Waals surface area contributed by atoms with E-state index in [2.05, 4.69) is 18.8 Å². The van der Waals surface area contributed by atoms with Gasteiger partial charge >= 0.3 is 0 Å². The molecule has 0 bridgehead atoms. The van der Waals surface area contributed by atoms with Crippen molar-refractivity contribution >= 4 is 22.5 Å². The van der Waals surface area contributed by atoms with Gasteiger partial charge in [-0.15, -0.1) is 0 Å². The lowest BCUT2D eigenvalue weighted by Gasteiger charge is -2.18. The smallest absolute Gasteiger partial charge is 0.255 e. The first-order valence-electron chi connectivity index (χ1n) is 6.11. The van der Waals surface area contributed by atoms with E-state index in [9.17, 15) is 4.79 Å². The minimum Gasteiger partial charge on any atom is -0.399 e. The molecule has 0 aliphatic heterocycles. The summed E-state index contributed by atoms with van der Waals surface area (Å²) >= 11 is 0. The molecular formula is C14H19N3O. The van der Waals surface area contributed by atoms with Gasteiger partial charge in [-0.2, -0.15) is 0 Å². The average Bonchev–Trinajstić information content (AvgIpc) is 2.69. The lowest BCUT2D eigenvalue weighted by atomic mass is 10.1. The fourth-order valence-corrected chi connectivity index (χ4v) is 2.15. The highest BCUT2D eigenvalue weighted by molar-refractivity contribution is 6.07. The number of nitrogens with two attached hydrogens (primary N) is 1. The van der Waals surface area contributed by atoms with Crippen LogP contribution in [0.1, 0.15) is 24.2 Å². The molecular weight excluding hydrogens is 226 g/mol. The van der Waals surface area contributed by atoms with Gasteiger partial charge in [0.25, 0.3) is 5.91 Å². The molecule has 0 aliphatic rings. The third-order valence-electron chi connectivity index (χ3n) is 2.92. The highest BCUT2D eigenvalue weighted by Gasteiger charge is 2.16. The second-order valence-electron chi connectivity index (χ2n) is 5.09. The molecule has 2 aromatic rings. The molecule has 0 saturated heterocycles. The van der Waals surface area contributed by atoms with E-state index in [1.54, 1.807) is 11.1 Å². The number of fused-ring (bicyclic) bond motifs is 1. The molecule has 1 aromatic heterocycles. The van der Waals surface area contributed by atoms with Crippen molar-refractivity contribution in [2.45, 2.75) is 13.8 Å². The Hall–Kier alpha value is -1.97. The van der Waals surface area contributed by atoms with E-state index in [1.165, 1.54) is 0 Å². The van der Waals surface area contributed by atoms with Crippen LogP contribution in [-0.2, 0) is 0 Å². The summed E-state index contributed by atoms with van der Waals surface area (Å²) in [6.07, 6.45) is 1.75. The summed E-state index contributed by atoms with van der Waals surface area (Å²) in [4.78, 5) is 17.2. The summed E-state index contributed by atoms with van der Waals surface area (Å²) in [5.74, 6) is 0.481. The standard InChI is InChI=1S/C14H19N3O/c1-9(2)8-17(3)14(18)12-7-16-13-5-4-10(15)6-11(12)13/h4-7,9,16H,8,15H2,1-3H3. The predicted octanol–water partition coefficient (Wildman–Crippen LogP) is 2.48. The molecule has 0 radical (unpaired) electrons. The average molecular weight is 245 g/mol. The van der Waals surface area contributed by atoms with Crippen molar-refractivity contribution in [3.05, 3.63) is 30.0 Å². The Morgan fingerprint density at radius 3 is 2.83 bits per heavy atom. The number of anilines is 1. The number of hydrogen-bond acceptors (Lipinski definition) is 2. The monoisotopic (exact) mass is 245 g/mol. The molecule has 0 unspecified atom stereocenters. The fourth-order valence-electron chi connectivity index (χ4n) is 2.15. The molecule has 0 aliphatic carbocycles. The van der Waals surface area contributed by atoms with Crippen molar-refractivity contribution in [1.29, 1.82) is 0 Å². The van der Waals surface area contributed by atoms with Gasteiger partial charge in [0, 0.05) is 36.4 Å². The van der Waals surface area contributed by atoms with Crippen molar-refractivity contribution in [1.82, 2.24) is 9.88 Å². The number of rotatable bonds is 3. The first kappa shape index (κ1) is 12.5. The van der Waals surface area contributed by atoms with Crippen LogP contribution in [-0.4, -0.2) is 29.4 Å². The number of carbonyl (C=O) groups is 1. The minimum absolute atomic E-state index is 0.0283. The normalized spacial score (nSPS) is 11.1. The SMILES string of the molecule is CC(C)CN(C)C(=O)c1c[nH]c2ccc(N)cc12. The van der Waals surface area contributed by atoms with Gasteiger partial charge in [-0.05, 0) is 24.1 Å². The number of nitrogen functional groups attached to an aromatic ring is 1. The van der Waals surface area contributed by atoms with Gasteiger partial charge in [0.1, 0.15) is 0 Å². The Bertz CT molecular complexity index is 571. The Morgan fingerprint density at radius 1 is 1.44 bits per heavy atom. The van der Waals surface area contributed by atoms with Crippen LogP contribution in [0, 0.1) is 5.92 Å². The molecule has 1 aromatic carbocycles. The van der Waals surface area contributed by atoms with Gasteiger partial charge in [0.05, 0.1) is 5.56 Å². The van der Waals surface area contributed by atoms with Crippen LogP contribution in [0.2, 0.25) is 0 Å². The summed E-state index contributed by atoms with van der Waals surface area (Å²) in [7, 11) is 1.83. The van der Waals surface area contributed by atoms with Crippen LogP contribution in [0.4, 0.5) is 5.69 Å². The number of carbonyl (C=O) groups excluding carboxylic acids is 1. The summed E-state index contributed by atoms with van der Waals surface area (Å²) in [5.41, 5.74) is 8.06. The van der Waals surface area contributed by atoms with Gasteiger partial charge < -0.3 is 15.6 Å². The van der Waals surface area contributed by atoms with Crippen LogP contribution in [0.5, 0.6) is 0 Å². The van der Waals surface area contributed by atoms with E-state index in [-0.39, 0.29) is 5.91 Å². The number of aromatic amines is 1. The van der Waals surface area contributed by atoms with Crippen LogP contribution in [0.25, 0.3) is 10.9 Å². The Morgan fingerprint density at radius 2 is 2.17 bits per heavy atom. The quantitative estimate of drug-likeness (QED) is 0.816. The molecule has 2 rings (SSSR count). The van der Waals surface area contributed by atoms with Gasteiger partial charge in [0.15, 0.2) is 0 Å². The Kier molecular flexibility index (Phi) is 3.28. The molecule has 0 atom stereocenters. The van der Waals surface area contributed by atoms with Gasteiger partial charge in [-0.25, -0.2) is 0 Å². The van der Waals surface area contributed by atoms with Gasteiger partial charge in [-0.1, -0.05) is 13.8 Å². The number of aromatic nitrogens is 1. The molecule has 0 saturated carbocycles. The topological polar surface area (TPSA) is 62.1 Å². The number of nitrogens with zero attached hydrogens (tertiary/aromatic N) is 1. The number of nitrogens with one attached hydrogen (secondary N) is 1. The zero-order valence-corrected chi connectivity index (χ0v) is 11.0. The van der Waals surface area contributed by atoms with Crippen molar-refractivity contribution in [3.63, 3.8) is 0 Å². The second kappa shape index (κ2) is 4.72. The summed E-state index contributed by atoms with van der Waals surface area (Å²) in [5, 5.41) is 0.885. The van der Waals surface area contributed by atoms with Crippen LogP contribution >= 0.6 is 0 Å². The van der Waals surface area contributed by atoms with Crippen molar-refractivity contribution in [2.75, 3.05) is 19.3 Å². The molecule has 18 heavy (non-hydrogen) atoms. The molecule has 3 N–H and O–H groups in total. The van der Waals surface area contributed by atoms with Crippen LogP contribution < -0.4 is 5.73 Å². The van der Waals surface area contributed by atoms with Crippen molar-refractivity contribution in [3.8, 4) is 0 Å². The highest BCUT2D eigenvalue weighted by Crippen LogP contribution is 2.22. The number of amides is 1. The summed E-state index contributed by atoms with van der Waals surface area (Å²) < 4.78 is 0. The first-order valence-corrected chi connectivity index (χ1v) is 6.11. The Labute approximate surface area is 107 Å². The number of hydrogen-bond donors (Lipinski definition) is 2. The maximum absolute atomic E-state index is 12.3. The lowest BCUT2D eigenvalue weighted by Crippen LogP contribution is -2.30. The second-order valence-corrected chi connectivity index (χ2v) is 5.09. The zero-order valence-electron chi connectivity index (χ0n) is 11.0. The van der Waals surface area contributed by atoms with Crippen molar-refractivity contribution in [2.24, 2.45) is 5.92 Å². The van der Waals surface area contributed by atoms with E-state index >= 15 is 0 Å². The van der Waals surface area contributed by atoms with E-state index in [0.717, 1.165) is 17.4 Å². The molecule has 1 amide bonds. The number of benzene rings is 1. The van der Waals surface area contributed by atoms with Crippen molar-refractivity contribution < 1.29 is 4.79 Å². The van der Waals surface area contributed by atoms with E-state index < -0.39 is 0 Å². The maximum Gasteiger partial charge on any atom is 0.255 e. The zero-order chi connectivity index (χ0) is 13.3. The predicted molar refractivity (Wildman–Crippen MR) is 74.5 cm³/mol. The highest BCUT2D eigenvalue weighted by atomic mass is 16.2. The van der Waals surface area contributed by atoms with E-state index in [4.69, 9.17) is 5.73 Å². The molecule has 4 nitrogen and oxygen atoms in total. The summed E-state index contributed by atoms with van der Waals surface area (Å²) in [6, 6.07) is 5.55. The third kappa shape index (κ3) is 2.32. The molecule has 96 valence electrons. The lowest BCUT2D eigenvalue weighted by molar-refractivity contribution is 0.0781. The maximum atomic E-state index is 12.3. The third-order valence-corrected chi connectivity index (χ3v) is 2.92. The first-order chi connectivity index (χ1) is 8.49. The van der Waals surface area contributed by atoms with Gasteiger partial charge in [0.2, 0.25) is 0 Å². The van der Waals surface area contributed by atoms with Crippen LogP contribution in [0.15, 0.2) is 24.4 Å². The summed E-state index contributed by atoms with van der Waals surface area (Å²) in [6.45, 7) is 4.93. The van der Waals surface area contributed by atoms with Gasteiger partial charge in [-0.3, -0.25) is 4.79 Å². The van der Waals surface area contributed by atoms with Crippen LogP contribution in [0.3, 0.4) is 0 Å². The molecule has 1 heterocycles. The fraction of sp³-hybridized carbons (Fsp3) is 0.357. The molecule has 0 fully saturated rings. The Balaban J connectivity index is 2.36. The molecule has 4 heteroatoms. The van der Waals surface area contributed by atoms with E-state index in [0.29, 0.717) is 17.2 Å². The van der Waals surface area contributed by atoms with E-state index in [1.807, 2.05) is 25.2 Å². The number of H-pyrrole nitrogens is 1.